The van der Waals surface area contributed by atoms with Crippen molar-refractivity contribution in [1.82, 2.24) is 10.2 Å². The van der Waals surface area contributed by atoms with Crippen molar-refractivity contribution in [3.05, 3.63) is 30.3 Å². The molecular weight excluding hydrogens is 256 g/mol. The molecular formula is C15H22N2OS. The number of hydrogen-bond acceptors (Lipinski definition) is 3. The first-order chi connectivity index (χ1) is 9.29. The SMILES string of the molecule is CCN(CC1CCCN1)C(=O)CSc1ccccc1. The summed E-state index contributed by atoms with van der Waals surface area (Å²) in [5.74, 6) is 0.773. The summed E-state index contributed by atoms with van der Waals surface area (Å²) in [7, 11) is 0. The molecule has 0 aromatic heterocycles. The molecule has 1 aliphatic rings. The second-order valence-electron chi connectivity index (χ2n) is 4.83. The van der Waals surface area contributed by atoms with Crippen LogP contribution >= 0.6 is 11.8 Å². The standard InChI is InChI=1S/C15H22N2OS/c1-2-17(11-13-7-6-10-16-13)15(18)12-19-14-8-4-3-5-9-14/h3-5,8-9,13,16H,2,6-7,10-12H2,1H3. The van der Waals surface area contributed by atoms with E-state index >= 15 is 0 Å². The molecule has 1 unspecified atom stereocenters. The Kier molecular flexibility index (Phi) is 5.73. The van der Waals surface area contributed by atoms with Crippen LogP contribution in [-0.4, -0.2) is 42.2 Å². The fourth-order valence-corrected chi connectivity index (χ4v) is 3.16. The fourth-order valence-electron chi connectivity index (χ4n) is 2.34. The third-order valence-electron chi connectivity index (χ3n) is 3.44. The van der Waals surface area contributed by atoms with Crippen molar-refractivity contribution in [3.63, 3.8) is 0 Å². The van der Waals surface area contributed by atoms with E-state index in [2.05, 4.69) is 12.2 Å². The lowest BCUT2D eigenvalue weighted by Crippen LogP contribution is -2.41. The molecule has 3 nitrogen and oxygen atoms in total. The molecule has 0 radical (unpaired) electrons. The van der Waals surface area contributed by atoms with Gasteiger partial charge in [-0.3, -0.25) is 4.79 Å². The third-order valence-corrected chi connectivity index (χ3v) is 4.44. The summed E-state index contributed by atoms with van der Waals surface area (Å²) in [6, 6.07) is 10.6. The number of hydrogen-bond donors (Lipinski definition) is 1. The van der Waals surface area contributed by atoms with Crippen LogP contribution in [0, 0.1) is 0 Å². The zero-order valence-electron chi connectivity index (χ0n) is 11.5. The Labute approximate surface area is 119 Å². The Bertz CT molecular complexity index is 390. The van der Waals surface area contributed by atoms with E-state index in [1.165, 1.54) is 12.8 Å². The number of nitrogens with one attached hydrogen (secondary N) is 1. The van der Waals surface area contributed by atoms with Gasteiger partial charge < -0.3 is 10.2 Å². The summed E-state index contributed by atoms with van der Waals surface area (Å²) < 4.78 is 0. The maximum Gasteiger partial charge on any atom is 0.232 e. The maximum atomic E-state index is 12.2. The van der Waals surface area contributed by atoms with E-state index in [1.807, 2.05) is 35.2 Å². The molecule has 1 heterocycles. The molecule has 1 aromatic carbocycles. The summed E-state index contributed by atoms with van der Waals surface area (Å²) in [4.78, 5) is 15.3. The monoisotopic (exact) mass is 278 g/mol. The minimum Gasteiger partial charge on any atom is -0.341 e. The average Bonchev–Trinajstić information content (AvgIpc) is 2.96. The third kappa shape index (κ3) is 4.55. The van der Waals surface area contributed by atoms with E-state index in [1.54, 1.807) is 11.8 Å². The van der Waals surface area contributed by atoms with Gasteiger partial charge in [0.25, 0.3) is 0 Å². The van der Waals surface area contributed by atoms with Gasteiger partial charge in [-0.1, -0.05) is 18.2 Å². The van der Waals surface area contributed by atoms with Crippen molar-refractivity contribution in [2.24, 2.45) is 0 Å². The average molecular weight is 278 g/mol. The molecule has 1 atom stereocenters. The van der Waals surface area contributed by atoms with Crippen molar-refractivity contribution in [1.29, 1.82) is 0 Å². The Morgan fingerprint density at radius 2 is 2.21 bits per heavy atom. The quantitative estimate of drug-likeness (QED) is 0.811. The molecule has 1 N–H and O–H groups in total. The highest BCUT2D eigenvalue weighted by Crippen LogP contribution is 2.17. The second kappa shape index (κ2) is 7.56. The van der Waals surface area contributed by atoms with Gasteiger partial charge in [0, 0.05) is 24.0 Å². The topological polar surface area (TPSA) is 32.3 Å². The summed E-state index contributed by atoms with van der Waals surface area (Å²) >= 11 is 1.62. The van der Waals surface area contributed by atoms with Crippen LogP contribution in [0.5, 0.6) is 0 Å². The van der Waals surface area contributed by atoms with E-state index < -0.39 is 0 Å². The number of amides is 1. The molecule has 19 heavy (non-hydrogen) atoms. The Hall–Kier alpha value is -1.00. The molecule has 1 aromatic rings. The van der Waals surface area contributed by atoms with E-state index in [0.29, 0.717) is 11.8 Å². The molecule has 1 saturated heterocycles. The highest BCUT2D eigenvalue weighted by atomic mass is 32.2. The summed E-state index contributed by atoms with van der Waals surface area (Å²) in [5, 5.41) is 3.45. The summed E-state index contributed by atoms with van der Waals surface area (Å²) in [6.07, 6.45) is 2.42. The normalized spacial score (nSPS) is 18.5. The van der Waals surface area contributed by atoms with Crippen molar-refractivity contribution in [2.75, 3.05) is 25.4 Å². The van der Waals surface area contributed by atoms with E-state index in [-0.39, 0.29) is 5.91 Å². The number of carbonyl (C=O) groups is 1. The Morgan fingerprint density at radius 3 is 2.84 bits per heavy atom. The van der Waals surface area contributed by atoms with Gasteiger partial charge in [-0.2, -0.15) is 0 Å². The highest BCUT2D eigenvalue weighted by Gasteiger charge is 2.20. The van der Waals surface area contributed by atoms with Crippen LogP contribution in [0.2, 0.25) is 0 Å². The van der Waals surface area contributed by atoms with E-state index in [0.717, 1.165) is 24.5 Å². The van der Waals surface area contributed by atoms with Crippen LogP contribution in [0.3, 0.4) is 0 Å². The van der Waals surface area contributed by atoms with Crippen LogP contribution < -0.4 is 5.32 Å². The molecule has 1 amide bonds. The van der Waals surface area contributed by atoms with Crippen LogP contribution in [0.25, 0.3) is 0 Å². The lowest BCUT2D eigenvalue weighted by molar-refractivity contribution is -0.128. The van der Waals surface area contributed by atoms with Gasteiger partial charge >= 0.3 is 0 Å². The Morgan fingerprint density at radius 1 is 1.42 bits per heavy atom. The van der Waals surface area contributed by atoms with Crippen molar-refractivity contribution in [2.45, 2.75) is 30.7 Å². The lowest BCUT2D eigenvalue weighted by atomic mass is 10.2. The number of rotatable bonds is 6. The van der Waals surface area contributed by atoms with E-state index in [4.69, 9.17) is 0 Å². The second-order valence-corrected chi connectivity index (χ2v) is 5.88. The minimum atomic E-state index is 0.241. The largest absolute Gasteiger partial charge is 0.341 e. The predicted octanol–water partition coefficient (Wildman–Crippen LogP) is 2.38. The van der Waals surface area contributed by atoms with Crippen molar-refractivity contribution >= 4 is 17.7 Å². The molecule has 1 aliphatic heterocycles. The summed E-state index contributed by atoms with van der Waals surface area (Å²) in [6.45, 7) is 4.80. The molecule has 0 bridgehead atoms. The lowest BCUT2D eigenvalue weighted by Gasteiger charge is -2.24. The first-order valence-electron chi connectivity index (χ1n) is 6.98. The molecule has 104 valence electrons. The molecule has 0 spiro atoms. The number of likely N-dealkylation sites (N-methyl/N-ethyl adjacent to an activating group) is 1. The van der Waals surface area contributed by atoms with Gasteiger partial charge in [0.05, 0.1) is 5.75 Å². The zero-order chi connectivity index (χ0) is 13.5. The minimum absolute atomic E-state index is 0.241. The van der Waals surface area contributed by atoms with Crippen LogP contribution in [0.4, 0.5) is 0 Å². The number of benzene rings is 1. The molecule has 4 heteroatoms. The van der Waals surface area contributed by atoms with Crippen molar-refractivity contribution in [3.8, 4) is 0 Å². The zero-order valence-corrected chi connectivity index (χ0v) is 12.3. The number of thioether (sulfide) groups is 1. The van der Waals surface area contributed by atoms with Crippen LogP contribution in [0.15, 0.2) is 35.2 Å². The fraction of sp³-hybridized carbons (Fsp3) is 0.533. The van der Waals surface area contributed by atoms with Gasteiger partial charge in [-0.05, 0) is 38.4 Å². The number of nitrogens with zero attached hydrogens (tertiary/aromatic N) is 1. The van der Waals surface area contributed by atoms with Crippen LogP contribution in [-0.2, 0) is 4.79 Å². The van der Waals surface area contributed by atoms with Gasteiger partial charge in [0.15, 0.2) is 0 Å². The smallest absolute Gasteiger partial charge is 0.232 e. The van der Waals surface area contributed by atoms with Crippen LogP contribution in [0.1, 0.15) is 19.8 Å². The molecule has 0 aliphatic carbocycles. The predicted molar refractivity (Wildman–Crippen MR) is 80.4 cm³/mol. The maximum absolute atomic E-state index is 12.2. The van der Waals surface area contributed by atoms with Gasteiger partial charge in [0.1, 0.15) is 0 Å². The first kappa shape index (κ1) is 14.4. The first-order valence-corrected chi connectivity index (χ1v) is 7.97. The molecule has 2 rings (SSSR count). The van der Waals surface area contributed by atoms with Gasteiger partial charge in [-0.25, -0.2) is 0 Å². The van der Waals surface area contributed by atoms with Gasteiger partial charge in [-0.15, -0.1) is 11.8 Å². The Balaban J connectivity index is 1.79. The molecule has 0 saturated carbocycles. The van der Waals surface area contributed by atoms with E-state index in [9.17, 15) is 4.79 Å². The number of carbonyl (C=O) groups excluding carboxylic acids is 1. The summed E-state index contributed by atoms with van der Waals surface area (Å²) in [5.41, 5.74) is 0. The van der Waals surface area contributed by atoms with Crippen molar-refractivity contribution < 1.29 is 4.79 Å². The molecule has 1 fully saturated rings. The highest BCUT2D eigenvalue weighted by molar-refractivity contribution is 8.00. The van der Waals surface area contributed by atoms with Gasteiger partial charge in [0.2, 0.25) is 5.91 Å².